The lowest BCUT2D eigenvalue weighted by Crippen LogP contribution is -2.51. The molecule has 1 heterocycles. The lowest BCUT2D eigenvalue weighted by atomic mass is 10.0. The number of imide groups is 1. The molecule has 2 N–H and O–H groups in total. The van der Waals surface area contributed by atoms with Crippen molar-refractivity contribution in [1.29, 1.82) is 0 Å². The van der Waals surface area contributed by atoms with Crippen molar-refractivity contribution in [3.8, 4) is 0 Å². The number of hydrogen-bond donors (Lipinski definition) is 1. The van der Waals surface area contributed by atoms with E-state index in [2.05, 4.69) is 0 Å². The number of likely N-dealkylation sites (tertiary alicyclic amines) is 1. The van der Waals surface area contributed by atoms with Crippen LogP contribution in [0.25, 0.3) is 0 Å². The summed E-state index contributed by atoms with van der Waals surface area (Å²) in [6, 6.07) is -0.552. The molecule has 1 saturated heterocycles. The van der Waals surface area contributed by atoms with E-state index in [1.807, 2.05) is 0 Å². The van der Waals surface area contributed by atoms with Gasteiger partial charge in [-0.25, -0.2) is 0 Å². The summed E-state index contributed by atoms with van der Waals surface area (Å²) in [4.78, 5) is 34.0. The Morgan fingerprint density at radius 3 is 2.86 bits per heavy atom. The van der Waals surface area contributed by atoms with Gasteiger partial charge in [0, 0.05) is 19.4 Å². The number of nitrogens with zero attached hydrogens (tertiary/aromatic N) is 1. The molecule has 0 bridgehead atoms. The molecule has 5 heteroatoms. The standard InChI is InChI=1S/C9H14N2O3/c10-7-3-4-8(13)11(9(7)14)5-1-2-6-12/h6-7H,1-5,10H2. The number of nitrogens with two attached hydrogens (primary N) is 1. The number of unbranched alkanes of at least 4 members (excludes halogenated alkanes) is 1. The number of aldehydes is 1. The smallest absolute Gasteiger partial charge is 0.246 e. The van der Waals surface area contributed by atoms with E-state index in [1.165, 1.54) is 0 Å². The largest absolute Gasteiger partial charge is 0.320 e. The third kappa shape index (κ3) is 2.38. The summed E-state index contributed by atoms with van der Waals surface area (Å²) >= 11 is 0. The van der Waals surface area contributed by atoms with E-state index in [0.29, 0.717) is 32.2 Å². The lowest BCUT2D eigenvalue weighted by Gasteiger charge is -2.28. The van der Waals surface area contributed by atoms with E-state index in [0.717, 1.165) is 11.2 Å². The Kier molecular flexibility index (Phi) is 3.76. The van der Waals surface area contributed by atoms with Crippen molar-refractivity contribution in [2.75, 3.05) is 6.54 Å². The zero-order valence-electron chi connectivity index (χ0n) is 7.94. The molecule has 1 unspecified atom stereocenters. The molecule has 0 aromatic carbocycles. The van der Waals surface area contributed by atoms with Crippen LogP contribution in [0.1, 0.15) is 25.7 Å². The van der Waals surface area contributed by atoms with Crippen LogP contribution in [0.3, 0.4) is 0 Å². The number of carbonyl (C=O) groups excluding carboxylic acids is 3. The molecule has 0 aromatic rings. The molecule has 2 amide bonds. The molecule has 0 radical (unpaired) electrons. The second-order valence-electron chi connectivity index (χ2n) is 3.34. The van der Waals surface area contributed by atoms with E-state index in [-0.39, 0.29) is 11.8 Å². The summed E-state index contributed by atoms with van der Waals surface area (Å²) in [7, 11) is 0. The van der Waals surface area contributed by atoms with E-state index < -0.39 is 6.04 Å². The van der Waals surface area contributed by atoms with Crippen LogP contribution >= 0.6 is 0 Å². The third-order valence-electron chi connectivity index (χ3n) is 2.26. The maximum Gasteiger partial charge on any atom is 0.246 e. The summed E-state index contributed by atoms with van der Waals surface area (Å²) in [5.41, 5.74) is 5.52. The second kappa shape index (κ2) is 4.85. The highest BCUT2D eigenvalue weighted by Crippen LogP contribution is 2.12. The summed E-state index contributed by atoms with van der Waals surface area (Å²) in [6.07, 6.45) is 2.43. The van der Waals surface area contributed by atoms with Crippen molar-refractivity contribution in [3.63, 3.8) is 0 Å². The van der Waals surface area contributed by atoms with Crippen LogP contribution < -0.4 is 5.73 Å². The maximum absolute atomic E-state index is 11.4. The van der Waals surface area contributed by atoms with Gasteiger partial charge in [0.05, 0.1) is 6.04 Å². The summed E-state index contributed by atoms with van der Waals surface area (Å²) in [5, 5.41) is 0. The van der Waals surface area contributed by atoms with Crippen LogP contribution in [-0.2, 0) is 14.4 Å². The Labute approximate surface area is 82.2 Å². The minimum Gasteiger partial charge on any atom is -0.320 e. The summed E-state index contributed by atoms with van der Waals surface area (Å²) in [6.45, 7) is 0.310. The van der Waals surface area contributed by atoms with Crippen molar-refractivity contribution in [3.05, 3.63) is 0 Å². The molecule has 0 spiro atoms. The highest BCUT2D eigenvalue weighted by molar-refractivity contribution is 6.00. The Morgan fingerprint density at radius 2 is 2.21 bits per heavy atom. The lowest BCUT2D eigenvalue weighted by molar-refractivity contribution is -0.149. The minimum absolute atomic E-state index is 0.178. The fraction of sp³-hybridized carbons (Fsp3) is 0.667. The van der Waals surface area contributed by atoms with Gasteiger partial charge in [0.25, 0.3) is 0 Å². The first-order valence-corrected chi connectivity index (χ1v) is 4.70. The van der Waals surface area contributed by atoms with Crippen molar-refractivity contribution < 1.29 is 14.4 Å². The fourth-order valence-electron chi connectivity index (χ4n) is 1.43. The first kappa shape index (κ1) is 10.8. The molecule has 5 nitrogen and oxygen atoms in total. The molecule has 78 valence electrons. The zero-order chi connectivity index (χ0) is 10.6. The van der Waals surface area contributed by atoms with Gasteiger partial charge in [-0.15, -0.1) is 0 Å². The van der Waals surface area contributed by atoms with Gasteiger partial charge in [-0.3, -0.25) is 14.5 Å². The van der Waals surface area contributed by atoms with Crippen molar-refractivity contribution in [1.82, 2.24) is 4.90 Å². The van der Waals surface area contributed by atoms with Crippen LogP contribution in [0.2, 0.25) is 0 Å². The number of amides is 2. The van der Waals surface area contributed by atoms with Crippen molar-refractivity contribution in [2.24, 2.45) is 5.73 Å². The Balaban J connectivity index is 2.50. The van der Waals surface area contributed by atoms with Gasteiger partial charge in [-0.05, 0) is 12.8 Å². The van der Waals surface area contributed by atoms with Crippen molar-refractivity contribution in [2.45, 2.75) is 31.7 Å². The van der Waals surface area contributed by atoms with Gasteiger partial charge in [0.1, 0.15) is 6.29 Å². The predicted octanol–water partition coefficient (Wildman–Crippen LogP) is -0.558. The zero-order valence-corrected chi connectivity index (χ0v) is 7.94. The third-order valence-corrected chi connectivity index (χ3v) is 2.26. The van der Waals surface area contributed by atoms with Crippen LogP contribution in [0.5, 0.6) is 0 Å². The normalized spacial score (nSPS) is 22.6. The molecule has 0 aliphatic carbocycles. The SMILES string of the molecule is NC1CCC(=O)N(CCCC=O)C1=O. The van der Waals surface area contributed by atoms with E-state index in [9.17, 15) is 14.4 Å². The topological polar surface area (TPSA) is 80.5 Å². The van der Waals surface area contributed by atoms with Gasteiger partial charge in [0.15, 0.2) is 0 Å². The molecule has 1 aliphatic rings. The van der Waals surface area contributed by atoms with Gasteiger partial charge >= 0.3 is 0 Å². The highest BCUT2D eigenvalue weighted by atomic mass is 16.2. The summed E-state index contributed by atoms with van der Waals surface area (Å²) in [5.74, 6) is -0.491. The summed E-state index contributed by atoms with van der Waals surface area (Å²) < 4.78 is 0. The van der Waals surface area contributed by atoms with Crippen molar-refractivity contribution >= 4 is 18.1 Å². The molecular weight excluding hydrogens is 184 g/mol. The number of hydrogen-bond acceptors (Lipinski definition) is 4. The maximum atomic E-state index is 11.4. The molecule has 0 aromatic heterocycles. The van der Waals surface area contributed by atoms with Crippen LogP contribution in [0.4, 0.5) is 0 Å². The van der Waals surface area contributed by atoms with E-state index >= 15 is 0 Å². The van der Waals surface area contributed by atoms with Crippen LogP contribution in [0.15, 0.2) is 0 Å². The highest BCUT2D eigenvalue weighted by Gasteiger charge is 2.31. The fourth-order valence-corrected chi connectivity index (χ4v) is 1.43. The second-order valence-corrected chi connectivity index (χ2v) is 3.34. The monoisotopic (exact) mass is 198 g/mol. The molecule has 0 saturated carbocycles. The first-order valence-electron chi connectivity index (χ1n) is 4.70. The van der Waals surface area contributed by atoms with Crippen LogP contribution in [0, 0.1) is 0 Å². The number of rotatable bonds is 4. The van der Waals surface area contributed by atoms with E-state index in [4.69, 9.17) is 5.73 Å². The Bertz CT molecular complexity index is 252. The Hall–Kier alpha value is -1.23. The minimum atomic E-state index is -0.552. The number of carbonyl (C=O) groups is 3. The average molecular weight is 198 g/mol. The molecule has 1 atom stereocenters. The first-order chi connectivity index (χ1) is 6.66. The quantitative estimate of drug-likeness (QED) is 0.373. The van der Waals surface area contributed by atoms with Gasteiger partial charge in [0.2, 0.25) is 11.8 Å². The van der Waals surface area contributed by atoms with Crippen LogP contribution in [-0.4, -0.2) is 35.6 Å². The molecule has 14 heavy (non-hydrogen) atoms. The van der Waals surface area contributed by atoms with Gasteiger partial charge in [-0.2, -0.15) is 0 Å². The molecule has 1 aliphatic heterocycles. The number of piperidine rings is 1. The van der Waals surface area contributed by atoms with E-state index in [1.54, 1.807) is 0 Å². The predicted molar refractivity (Wildman–Crippen MR) is 49.2 cm³/mol. The van der Waals surface area contributed by atoms with Gasteiger partial charge in [-0.1, -0.05) is 0 Å². The molecule has 1 rings (SSSR count). The van der Waals surface area contributed by atoms with Gasteiger partial charge < -0.3 is 10.5 Å². The molecular formula is C9H14N2O3. The molecule has 1 fully saturated rings. The Morgan fingerprint density at radius 1 is 1.50 bits per heavy atom. The average Bonchev–Trinajstić information content (AvgIpc) is 2.18.